The first-order valence-corrected chi connectivity index (χ1v) is 8.69. The quantitative estimate of drug-likeness (QED) is 0.706. The highest BCUT2D eigenvalue weighted by molar-refractivity contribution is 5.85. The van der Waals surface area contributed by atoms with E-state index >= 15 is 0 Å². The first kappa shape index (κ1) is 23.2. The molecule has 2 aromatic carbocycles. The second-order valence-corrected chi connectivity index (χ2v) is 6.23. The van der Waals surface area contributed by atoms with Crippen LogP contribution >= 0.6 is 24.8 Å². The van der Waals surface area contributed by atoms with Crippen LogP contribution in [0.15, 0.2) is 54.7 Å². The Hall–Kier alpha value is -1.88. The van der Waals surface area contributed by atoms with Crippen molar-refractivity contribution in [2.75, 3.05) is 40.4 Å². The topological polar surface area (TPSA) is 24.9 Å². The summed E-state index contributed by atoms with van der Waals surface area (Å²) in [5, 5.41) is 0. The van der Waals surface area contributed by atoms with Crippen molar-refractivity contribution in [2.45, 2.75) is 6.54 Å². The average molecular weight is 411 g/mol. The number of hydrogen-bond acceptors (Lipinski definition) is 4. The van der Waals surface area contributed by atoms with Gasteiger partial charge in [0, 0.05) is 32.7 Å². The molecule has 0 N–H and O–H groups in total. The molecule has 3 rings (SSSR count). The van der Waals surface area contributed by atoms with Gasteiger partial charge in [-0.2, -0.15) is 0 Å². The van der Waals surface area contributed by atoms with Gasteiger partial charge < -0.3 is 14.4 Å². The lowest BCUT2D eigenvalue weighted by molar-refractivity contribution is 0.162. The minimum atomic E-state index is 0. The van der Waals surface area contributed by atoms with Crippen LogP contribution in [0.2, 0.25) is 0 Å². The zero-order chi connectivity index (χ0) is 17.5. The molecule has 0 bridgehead atoms. The van der Waals surface area contributed by atoms with E-state index in [0.29, 0.717) is 0 Å². The number of benzene rings is 2. The van der Waals surface area contributed by atoms with Gasteiger partial charge in [-0.25, -0.2) is 0 Å². The van der Waals surface area contributed by atoms with Gasteiger partial charge in [-0.05, 0) is 35.5 Å². The lowest BCUT2D eigenvalue weighted by Crippen LogP contribution is -2.43. The molecule has 4 nitrogen and oxygen atoms in total. The molecular weight excluding hydrogens is 383 g/mol. The SMILES string of the molecule is COc1ccc(CN2CCN(C=Cc3ccccc3)CC2)cc1OC.Cl.Cl. The van der Waals surface area contributed by atoms with Crippen LogP contribution < -0.4 is 9.47 Å². The van der Waals surface area contributed by atoms with Crippen LogP contribution in [-0.2, 0) is 6.54 Å². The summed E-state index contributed by atoms with van der Waals surface area (Å²) in [7, 11) is 3.35. The van der Waals surface area contributed by atoms with Gasteiger partial charge in [0.15, 0.2) is 11.5 Å². The molecule has 148 valence electrons. The zero-order valence-electron chi connectivity index (χ0n) is 15.8. The normalized spacial score (nSPS) is 14.4. The molecule has 0 spiro atoms. The third kappa shape index (κ3) is 6.65. The number of rotatable bonds is 6. The minimum absolute atomic E-state index is 0. The van der Waals surface area contributed by atoms with Gasteiger partial charge in [-0.1, -0.05) is 36.4 Å². The molecule has 1 aliphatic rings. The van der Waals surface area contributed by atoms with Crippen molar-refractivity contribution in [1.82, 2.24) is 9.80 Å². The summed E-state index contributed by atoms with van der Waals surface area (Å²) in [5.74, 6) is 1.58. The Kier molecular flexibility index (Phi) is 10.1. The summed E-state index contributed by atoms with van der Waals surface area (Å²) in [5.41, 5.74) is 2.50. The average Bonchev–Trinajstić information content (AvgIpc) is 2.68. The maximum atomic E-state index is 5.40. The van der Waals surface area contributed by atoms with Crippen molar-refractivity contribution in [3.63, 3.8) is 0 Å². The van der Waals surface area contributed by atoms with Crippen molar-refractivity contribution >= 4 is 30.9 Å². The van der Waals surface area contributed by atoms with Gasteiger partial charge in [0.05, 0.1) is 14.2 Å². The lowest BCUT2D eigenvalue weighted by Gasteiger charge is -2.34. The number of methoxy groups -OCH3 is 2. The van der Waals surface area contributed by atoms with Gasteiger partial charge in [-0.15, -0.1) is 24.8 Å². The fourth-order valence-corrected chi connectivity index (χ4v) is 3.06. The highest BCUT2D eigenvalue weighted by Gasteiger charge is 2.15. The molecule has 1 saturated heterocycles. The maximum Gasteiger partial charge on any atom is 0.161 e. The van der Waals surface area contributed by atoms with Crippen LogP contribution in [-0.4, -0.2) is 50.2 Å². The van der Waals surface area contributed by atoms with E-state index in [9.17, 15) is 0 Å². The van der Waals surface area contributed by atoms with Crippen LogP contribution in [0.25, 0.3) is 6.08 Å². The summed E-state index contributed by atoms with van der Waals surface area (Å²) < 4.78 is 10.7. The number of piperazine rings is 1. The van der Waals surface area contributed by atoms with Crippen LogP contribution in [0.3, 0.4) is 0 Å². The van der Waals surface area contributed by atoms with E-state index in [-0.39, 0.29) is 24.8 Å². The van der Waals surface area contributed by atoms with Crippen molar-refractivity contribution in [3.8, 4) is 11.5 Å². The Balaban J connectivity index is 0.00000182. The van der Waals surface area contributed by atoms with Gasteiger partial charge in [0.1, 0.15) is 0 Å². The number of nitrogens with zero attached hydrogens (tertiary/aromatic N) is 2. The van der Waals surface area contributed by atoms with Crippen LogP contribution in [0.1, 0.15) is 11.1 Å². The van der Waals surface area contributed by atoms with E-state index in [2.05, 4.69) is 58.5 Å². The van der Waals surface area contributed by atoms with Crippen molar-refractivity contribution in [2.24, 2.45) is 0 Å². The van der Waals surface area contributed by atoms with Gasteiger partial charge in [-0.3, -0.25) is 4.90 Å². The van der Waals surface area contributed by atoms with E-state index in [4.69, 9.17) is 9.47 Å². The van der Waals surface area contributed by atoms with Crippen molar-refractivity contribution in [3.05, 3.63) is 65.9 Å². The van der Waals surface area contributed by atoms with E-state index in [1.54, 1.807) is 14.2 Å². The van der Waals surface area contributed by atoms with Gasteiger partial charge in [0.2, 0.25) is 0 Å². The first-order chi connectivity index (χ1) is 12.3. The summed E-state index contributed by atoms with van der Waals surface area (Å²) in [4.78, 5) is 4.87. The van der Waals surface area contributed by atoms with E-state index in [1.165, 1.54) is 11.1 Å². The Labute approximate surface area is 174 Å². The maximum absolute atomic E-state index is 5.40. The number of ether oxygens (including phenoxy) is 2. The predicted molar refractivity (Wildman–Crippen MR) is 116 cm³/mol. The number of hydrogen-bond donors (Lipinski definition) is 0. The van der Waals surface area contributed by atoms with Crippen molar-refractivity contribution < 1.29 is 9.47 Å². The largest absolute Gasteiger partial charge is 0.493 e. The summed E-state index contributed by atoms with van der Waals surface area (Å²) in [6, 6.07) is 16.6. The monoisotopic (exact) mass is 410 g/mol. The second-order valence-electron chi connectivity index (χ2n) is 6.23. The molecule has 0 unspecified atom stereocenters. The fourth-order valence-electron chi connectivity index (χ4n) is 3.06. The molecule has 0 amide bonds. The minimum Gasteiger partial charge on any atom is -0.493 e. The molecule has 27 heavy (non-hydrogen) atoms. The summed E-state index contributed by atoms with van der Waals surface area (Å²) in [6.45, 7) is 5.17. The Morgan fingerprint density at radius 1 is 0.852 bits per heavy atom. The van der Waals surface area contributed by atoms with Crippen LogP contribution in [0, 0.1) is 0 Å². The molecule has 1 aliphatic heterocycles. The Morgan fingerprint density at radius 2 is 1.52 bits per heavy atom. The highest BCUT2D eigenvalue weighted by atomic mass is 35.5. The molecule has 2 aromatic rings. The van der Waals surface area contributed by atoms with Crippen molar-refractivity contribution in [1.29, 1.82) is 0 Å². The molecule has 1 heterocycles. The zero-order valence-corrected chi connectivity index (χ0v) is 17.5. The lowest BCUT2D eigenvalue weighted by atomic mass is 10.1. The Morgan fingerprint density at radius 3 is 2.15 bits per heavy atom. The second kappa shape index (κ2) is 11.8. The highest BCUT2D eigenvalue weighted by Crippen LogP contribution is 2.28. The fraction of sp³-hybridized carbons (Fsp3) is 0.333. The molecule has 6 heteroatoms. The molecule has 1 fully saturated rings. The first-order valence-electron chi connectivity index (χ1n) is 8.69. The molecule has 0 saturated carbocycles. The smallest absolute Gasteiger partial charge is 0.161 e. The molecule has 0 aliphatic carbocycles. The molecule has 0 radical (unpaired) electrons. The van der Waals surface area contributed by atoms with E-state index in [1.807, 2.05) is 12.1 Å². The van der Waals surface area contributed by atoms with Crippen LogP contribution in [0.5, 0.6) is 11.5 Å². The Bertz CT molecular complexity index is 703. The predicted octanol–water partition coefficient (Wildman–Crippen LogP) is 4.34. The third-order valence-electron chi connectivity index (χ3n) is 4.54. The molecule has 0 aromatic heterocycles. The van der Waals surface area contributed by atoms with E-state index < -0.39 is 0 Å². The van der Waals surface area contributed by atoms with Crippen LogP contribution in [0.4, 0.5) is 0 Å². The standard InChI is InChI=1S/C21H26N2O2.2ClH/c1-24-20-9-8-19(16-21(20)25-2)17-23-14-12-22(13-15-23)11-10-18-6-4-3-5-7-18;;/h3-11,16H,12-15,17H2,1-2H3;2*1H. The number of halogens is 2. The third-order valence-corrected chi connectivity index (χ3v) is 4.54. The summed E-state index contributed by atoms with van der Waals surface area (Å²) in [6.07, 6.45) is 4.40. The molecular formula is C21H28Cl2N2O2. The summed E-state index contributed by atoms with van der Waals surface area (Å²) >= 11 is 0. The van der Waals surface area contributed by atoms with Gasteiger partial charge >= 0.3 is 0 Å². The molecule has 0 atom stereocenters. The van der Waals surface area contributed by atoms with E-state index in [0.717, 1.165) is 44.2 Å². The van der Waals surface area contributed by atoms with Gasteiger partial charge in [0.25, 0.3) is 0 Å².